The van der Waals surface area contributed by atoms with Crippen LogP contribution < -0.4 is 10.4 Å². The summed E-state index contributed by atoms with van der Waals surface area (Å²) in [6.45, 7) is 0.935. The van der Waals surface area contributed by atoms with E-state index < -0.39 is 30.6 Å². The fraction of sp³-hybridized carbons (Fsp3) is 0.150. The molecule has 144 valence electrons. The highest BCUT2D eigenvalue weighted by Crippen LogP contribution is 2.23. The van der Waals surface area contributed by atoms with Gasteiger partial charge in [-0.25, -0.2) is 9.59 Å². The van der Waals surface area contributed by atoms with Gasteiger partial charge in [-0.3, -0.25) is 4.79 Å². The van der Waals surface area contributed by atoms with E-state index in [1.54, 1.807) is 19.1 Å². The third-order valence-electron chi connectivity index (χ3n) is 3.89. The Balaban J connectivity index is 1.56. The van der Waals surface area contributed by atoms with Crippen molar-refractivity contribution in [3.05, 3.63) is 74.1 Å². The Morgan fingerprint density at radius 1 is 1.00 bits per heavy atom. The molecule has 0 aliphatic heterocycles. The number of carbonyl (C=O) groups excluding carboxylic acids is 2. The first-order chi connectivity index (χ1) is 13.3. The van der Waals surface area contributed by atoms with Gasteiger partial charge in [-0.05, 0) is 42.8 Å². The SMILES string of the molecule is Cc1cc(=O)oc2cc(OCC(=O)OCC(=O)c3ccc(Cl)c(Cl)c3)ccc12. The molecule has 8 heteroatoms. The molecule has 28 heavy (non-hydrogen) atoms. The van der Waals surface area contributed by atoms with Crippen molar-refractivity contribution in [3.63, 3.8) is 0 Å². The van der Waals surface area contributed by atoms with Gasteiger partial charge < -0.3 is 13.9 Å². The zero-order chi connectivity index (χ0) is 20.3. The van der Waals surface area contributed by atoms with Gasteiger partial charge in [-0.1, -0.05) is 23.2 Å². The van der Waals surface area contributed by atoms with Crippen LogP contribution in [0.4, 0.5) is 0 Å². The summed E-state index contributed by atoms with van der Waals surface area (Å²) in [7, 11) is 0. The van der Waals surface area contributed by atoms with Gasteiger partial charge in [0.2, 0.25) is 0 Å². The summed E-state index contributed by atoms with van der Waals surface area (Å²) < 4.78 is 15.4. The summed E-state index contributed by atoms with van der Waals surface area (Å²) in [6, 6.07) is 10.7. The quantitative estimate of drug-likeness (QED) is 0.337. The maximum absolute atomic E-state index is 12.0. The molecule has 1 aromatic heterocycles. The van der Waals surface area contributed by atoms with Crippen LogP contribution in [0.15, 0.2) is 51.7 Å². The molecule has 6 nitrogen and oxygen atoms in total. The average molecular weight is 421 g/mol. The molecule has 3 aromatic rings. The van der Waals surface area contributed by atoms with Crippen LogP contribution in [0, 0.1) is 6.92 Å². The predicted octanol–water partition coefficient (Wildman–Crippen LogP) is 4.21. The highest BCUT2D eigenvalue weighted by Gasteiger charge is 2.12. The fourth-order valence-corrected chi connectivity index (χ4v) is 2.78. The van der Waals surface area contributed by atoms with Gasteiger partial charge in [0.05, 0.1) is 10.0 Å². The molecule has 0 saturated heterocycles. The number of hydrogen-bond acceptors (Lipinski definition) is 6. The largest absolute Gasteiger partial charge is 0.482 e. The monoisotopic (exact) mass is 420 g/mol. The highest BCUT2D eigenvalue weighted by molar-refractivity contribution is 6.42. The first-order valence-corrected chi connectivity index (χ1v) is 8.90. The van der Waals surface area contributed by atoms with Crippen LogP contribution in [0.3, 0.4) is 0 Å². The van der Waals surface area contributed by atoms with Gasteiger partial charge in [0, 0.05) is 23.1 Å². The lowest BCUT2D eigenvalue weighted by Gasteiger charge is -2.08. The van der Waals surface area contributed by atoms with Crippen LogP contribution in [0.5, 0.6) is 5.75 Å². The molecule has 2 aromatic carbocycles. The van der Waals surface area contributed by atoms with Crippen LogP contribution in [0.25, 0.3) is 11.0 Å². The van der Waals surface area contributed by atoms with Gasteiger partial charge in [0.15, 0.2) is 19.0 Å². The van der Waals surface area contributed by atoms with Gasteiger partial charge in [-0.15, -0.1) is 0 Å². The van der Waals surface area contributed by atoms with E-state index in [9.17, 15) is 14.4 Å². The van der Waals surface area contributed by atoms with Crippen molar-refractivity contribution in [2.75, 3.05) is 13.2 Å². The maximum Gasteiger partial charge on any atom is 0.344 e. The van der Waals surface area contributed by atoms with E-state index in [1.807, 2.05) is 0 Å². The Morgan fingerprint density at radius 3 is 2.54 bits per heavy atom. The Hall–Kier alpha value is -2.83. The molecule has 0 atom stereocenters. The number of esters is 1. The molecule has 0 aliphatic carbocycles. The van der Waals surface area contributed by atoms with Crippen molar-refractivity contribution in [2.45, 2.75) is 6.92 Å². The minimum absolute atomic E-state index is 0.236. The number of benzene rings is 2. The minimum atomic E-state index is -0.723. The van der Waals surface area contributed by atoms with E-state index in [-0.39, 0.29) is 10.6 Å². The summed E-state index contributed by atoms with van der Waals surface area (Å²) in [4.78, 5) is 35.3. The molecular weight excluding hydrogens is 407 g/mol. The molecule has 0 amide bonds. The van der Waals surface area contributed by atoms with Crippen LogP contribution >= 0.6 is 23.2 Å². The average Bonchev–Trinajstić information content (AvgIpc) is 2.66. The molecule has 0 unspecified atom stereocenters. The second kappa shape index (κ2) is 8.46. The Morgan fingerprint density at radius 2 is 1.79 bits per heavy atom. The lowest BCUT2D eigenvalue weighted by molar-refractivity contribution is -0.144. The number of halogens is 2. The smallest absolute Gasteiger partial charge is 0.344 e. The third kappa shape index (κ3) is 4.71. The van der Waals surface area contributed by atoms with E-state index in [1.165, 1.54) is 30.3 Å². The number of Topliss-reactive ketones (excluding diaryl/α,β-unsaturated/α-hetero) is 1. The molecule has 0 bridgehead atoms. The summed E-state index contributed by atoms with van der Waals surface area (Å²) in [5.74, 6) is -0.817. The molecule has 0 aliphatic rings. The number of hydrogen-bond donors (Lipinski definition) is 0. The van der Waals surface area contributed by atoms with Crippen molar-refractivity contribution < 1.29 is 23.5 Å². The van der Waals surface area contributed by atoms with Gasteiger partial charge >= 0.3 is 11.6 Å². The first kappa shape index (κ1) is 19.9. The highest BCUT2D eigenvalue weighted by atomic mass is 35.5. The van der Waals surface area contributed by atoms with Crippen LogP contribution in [0.2, 0.25) is 10.0 Å². The van der Waals surface area contributed by atoms with Crippen molar-refractivity contribution in [3.8, 4) is 5.75 Å². The summed E-state index contributed by atoms with van der Waals surface area (Å²) in [5.41, 5.74) is 0.939. The van der Waals surface area contributed by atoms with Crippen LogP contribution in [-0.2, 0) is 9.53 Å². The standard InChI is InChI=1S/C20H14Cl2O6/c1-11-6-19(24)28-18-8-13(3-4-14(11)18)26-10-20(25)27-9-17(23)12-2-5-15(21)16(22)7-12/h2-8H,9-10H2,1H3. The molecule has 0 N–H and O–H groups in total. The zero-order valence-electron chi connectivity index (χ0n) is 14.7. The summed E-state index contributed by atoms with van der Waals surface area (Å²) in [5, 5.41) is 1.33. The van der Waals surface area contributed by atoms with Crippen molar-refractivity contribution in [1.29, 1.82) is 0 Å². The Kier molecular flexibility index (Phi) is 6.02. The van der Waals surface area contributed by atoms with Gasteiger partial charge in [0.25, 0.3) is 0 Å². The molecule has 1 heterocycles. The number of fused-ring (bicyclic) bond motifs is 1. The van der Waals surface area contributed by atoms with E-state index in [2.05, 4.69) is 0 Å². The number of rotatable bonds is 6. The number of carbonyl (C=O) groups is 2. The van der Waals surface area contributed by atoms with Crippen molar-refractivity contribution in [2.24, 2.45) is 0 Å². The second-order valence-electron chi connectivity index (χ2n) is 5.91. The molecular formula is C20H14Cl2O6. The summed E-state index contributed by atoms with van der Waals surface area (Å²) in [6.07, 6.45) is 0. The topological polar surface area (TPSA) is 82.8 Å². The number of ether oxygens (including phenoxy) is 2. The van der Waals surface area contributed by atoms with E-state index >= 15 is 0 Å². The zero-order valence-corrected chi connectivity index (χ0v) is 16.2. The summed E-state index contributed by atoms with van der Waals surface area (Å²) >= 11 is 11.7. The fourth-order valence-electron chi connectivity index (χ4n) is 2.48. The van der Waals surface area contributed by atoms with Gasteiger partial charge in [-0.2, -0.15) is 0 Å². The van der Waals surface area contributed by atoms with E-state index in [4.69, 9.17) is 37.1 Å². The number of ketones is 1. The molecule has 0 spiro atoms. The van der Waals surface area contributed by atoms with Crippen molar-refractivity contribution >= 4 is 45.9 Å². The van der Waals surface area contributed by atoms with Crippen LogP contribution in [-0.4, -0.2) is 25.0 Å². The molecule has 3 rings (SSSR count). The Labute approximate surface area is 169 Å². The first-order valence-electron chi connectivity index (χ1n) is 8.14. The van der Waals surface area contributed by atoms with E-state index in [0.29, 0.717) is 16.4 Å². The lowest BCUT2D eigenvalue weighted by atomic mass is 10.1. The maximum atomic E-state index is 12.0. The van der Waals surface area contributed by atoms with Gasteiger partial charge in [0.1, 0.15) is 11.3 Å². The van der Waals surface area contributed by atoms with Crippen molar-refractivity contribution in [1.82, 2.24) is 0 Å². The number of aryl methyl sites for hydroxylation is 1. The normalized spacial score (nSPS) is 10.7. The lowest BCUT2D eigenvalue weighted by Crippen LogP contribution is -2.19. The predicted molar refractivity (Wildman–Crippen MR) is 104 cm³/mol. The molecule has 0 fully saturated rings. The Bertz CT molecular complexity index is 1120. The molecule has 0 radical (unpaired) electrons. The van der Waals surface area contributed by atoms with E-state index in [0.717, 1.165) is 10.9 Å². The third-order valence-corrected chi connectivity index (χ3v) is 4.62. The van der Waals surface area contributed by atoms with Crippen LogP contribution in [0.1, 0.15) is 15.9 Å². The molecule has 0 saturated carbocycles. The second-order valence-corrected chi connectivity index (χ2v) is 6.72. The minimum Gasteiger partial charge on any atom is -0.482 e.